The van der Waals surface area contributed by atoms with Crippen molar-refractivity contribution < 1.29 is 14.4 Å². The third-order valence-electron chi connectivity index (χ3n) is 3.03. The lowest BCUT2D eigenvalue weighted by Crippen LogP contribution is -2.48. The summed E-state index contributed by atoms with van der Waals surface area (Å²) in [6.45, 7) is 5.13. The first-order valence-corrected chi connectivity index (χ1v) is 5.46. The lowest BCUT2D eigenvalue weighted by Gasteiger charge is -2.23. The van der Waals surface area contributed by atoms with E-state index in [9.17, 15) is 14.4 Å². The van der Waals surface area contributed by atoms with Crippen molar-refractivity contribution in [2.45, 2.75) is 33.2 Å². The molecule has 0 aromatic carbocycles. The van der Waals surface area contributed by atoms with Crippen LogP contribution in [0.1, 0.15) is 27.2 Å². The van der Waals surface area contributed by atoms with Crippen LogP contribution in [0.5, 0.6) is 0 Å². The van der Waals surface area contributed by atoms with Crippen LogP contribution in [0.3, 0.4) is 0 Å². The Kier molecular flexibility index (Phi) is 3.80. The van der Waals surface area contributed by atoms with E-state index < -0.39 is 6.04 Å². The molecule has 5 nitrogen and oxygen atoms in total. The van der Waals surface area contributed by atoms with Crippen LogP contribution in [-0.4, -0.2) is 35.1 Å². The minimum Gasteiger partial charge on any atom is -0.328 e. The highest BCUT2D eigenvalue weighted by atomic mass is 16.2. The van der Waals surface area contributed by atoms with Gasteiger partial charge in [-0.15, -0.1) is 0 Å². The highest BCUT2D eigenvalue weighted by Crippen LogP contribution is 2.27. The molecule has 0 spiro atoms. The van der Waals surface area contributed by atoms with Crippen LogP contribution in [-0.2, 0) is 14.4 Å². The second-order valence-electron chi connectivity index (χ2n) is 4.52. The van der Waals surface area contributed by atoms with Crippen molar-refractivity contribution >= 4 is 17.6 Å². The average Bonchev–Trinajstić information content (AvgIpc) is 2.46. The van der Waals surface area contributed by atoms with Crippen LogP contribution in [0.2, 0.25) is 0 Å². The van der Waals surface area contributed by atoms with Gasteiger partial charge in [-0.05, 0) is 12.8 Å². The molecular formula is C11H18N2O3. The van der Waals surface area contributed by atoms with Crippen molar-refractivity contribution in [1.29, 1.82) is 0 Å². The van der Waals surface area contributed by atoms with Gasteiger partial charge in [0, 0.05) is 18.9 Å². The summed E-state index contributed by atoms with van der Waals surface area (Å²) >= 11 is 0. The van der Waals surface area contributed by atoms with E-state index in [2.05, 4.69) is 0 Å². The lowest BCUT2D eigenvalue weighted by atomic mass is 9.94. The zero-order valence-electron chi connectivity index (χ0n) is 9.90. The molecule has 1 rings (SSSR count). The minimum absolute atomic E-state index is 0.00235. The van der Waals surface area contributed by atoms with Crippen LogP contribution in [0, 0.1) is 11.8 Å². The SMILES string of the molecule is CC(=O)C(CN)N1C(=O)CC(C(C)C)C1=O. The van der Waals surface area contributed by atoms with Gasteiger partial charge in [-0.2, -0.15) is 0 Å². The average molecular weight is 226 g/mol. The topological polar surface area (TPSA) is 80.5 Å². The maximum absolute atomic E-state index is 12.0. The standard InChI is InChI=1S/C11H18N2O3/c1-6(2)8-4-10(15)13(11(8)16)9(5-12)7(3)14/h6,8-9H,4-5,12H2,1-3H3. The van der Waals surface area contributed by atoms with Crippen LogP contribution in [0.25, 0.3) is 0 Å². The van der Waals surface area contributed by atoms with Gasteiger partial charge in [0.15, 0.2) is 5.78 Å². The van der Waals surface area contributed by atoms with Gasteiger partial charge in [-0.1, -0.05) is 13.8 Å². The summed E-state index contributed by atoms with van der Waals surface area (Å²) < 4.78 is 0. The molecule has 0 saturated carbocycles. The Balaban J connectivity index is 2.93. The van der Waals surface area contributed by atoms with Gasteiger partial charge in [0.25, 0.3) is 0 Å². The molecule has 16 heavy (non-hydrogen) atoms. The van der Waals surface area contributed by atoms with Gasteiger partial charge in [0.05, 0.1) is 0 Å². The van der Waals surface area contributed by atoms with Crippen LogP contribution in [0.15, 0.2) is 0 Å². The number of carbonyl (C=O) groups excluding carboxylic acids is 3. The number of ketones is 1. The molecule has 0 bridgehead atoms. The number of hydrogen-bond donors (Lipinski definition) is 1. The minimum atomic E-state index is -0.788. The zero-order valence-corrected chi connectivity index (χ0v) is 9.90. The van der Waals surface area contributed by atoms with Crippen molar-refractivity contribution in [3.63, 3.8) is 0 Å². The Morgan fingerprint density at radius 3 is 2.38 bits per heavy atom. The van der Waals surface area contributed by atoms with Gasteiger partial charge in [0.2, 0.25) is 11.8 Å². The van der Waals surface area contributed by atoms with E-state index in [1.807, 2.05) is 13.8 Å². The Bertz CT molecular complexity index is 325. The van der Waals surface area contributed by atoms with Crippen LogP contribution in [0.4, 0.5) is 0 Å². The highest BCUT2D eigenvalue weighted by Gasteiger charge is 2.44. The number of rotatable bonds is 4. The number of imide groups is 1. The first kappa shape index (κ1) is 12.8. The summed E-state index contributed by atoms with van der Waals surface area (Å²) in [6.07, 6.45) is 0.195. The second kappa shape index (κ2) is 4.74. The predicted octanol–water partition coefficient (Wildman–Crippen LogP) is -0.0662. The molecule has 0 aromatic rings. The quantitative estimate of drug-likeness (QED) is 0.681. The number of carbonyl (C=O) groups is 3. The zero-order chi connectivity index (χ0) is 12.5. The van der Waals surface area contributed by atoms with Crippen molar-refractivity contribution in [2.24, 2.45) is 17.6 Å². The fraction of sp³-hybridized carbons (Fsp3) is 0.727. The van der Waals surface area contributed by atoms with Gasteiger partial charge < -0.3 is 5.73 Å². The van der Waals surface area contributed by atoms with Crippen molar-refractivity contribution in [3.8, 4) is 0 Å². The van der Waals surface area contributed by atoms with Gasteiger partial charge >= 0.3 is 0 Å². The summed E-state index contributed by atoms with van der Waals surface area (Å²) in [5.41, 5.74) is 5.43. The molecule has 2 atom stereocenters. The molecule has 1 aliphatic heterocycles. The Morgan fingerprint density at radius 2 is 2.06 bits per heavy atom. The summed E-state index contributed by atoms with van der Waals surface area (Å²) in [4.78, 5) is 36.0. The van der Waals surface area contributed by atoms with E-state index in [0.29, 0.717) is 0 Å². The Morgan fingerprint density at radius 1 is 1.50 bits per heavy atom. The van der Waals surface area contributed by atoms with Gasteiger partial charge in [-0.3, -0.25) is 19.3 Å². The first-order chi connectivity index (χ1) is 7.40. The van der Waals surface area contributed by atoms with E-state index in [-0.39, 0.29) is 42.4 Å². The van der Waals surface area contributed by atoms with Crippen molar-refractivity contribution in [1.82, 2.24) is 4.90 Å². The van der Waals surface area contributed by atoms with E-state index in [0.717, 1.165) is 4.90 Å². The van der Waals surface area contributed by atoms with Crippen LogP contribution < -0.4 is 5.73 Å². The summed E-state index contributed by atoms with van der Waals surface area (Å²) in [7, 11) is 0. The highest BCUT2D eigenvalue weighted by molar-refractivity contribution is 6.07. The normalized spacial score (nSPS) is 23.1. The molecule has 2 N–H and O–H groups in total. The predicted molar refractivity (Wildman–Crippen MR) is 58.3 cm³/mol. The van der Waals surface area contributed by atoms with E-state index in [1.54, 1.807) is 0 Å². The number of likely N-dealkylation sites (tertiary alicyclic amines) is 1. The molecule has 1 saturated heterocycles. The third-order valence-corrected chi connectivity index (χ3v) is 3.03. The largest absolute Gasteiger partial charge is 0.328 e. The summed E-state index contributed by atoms with van der Waals surface area (Å²) in [6, 6.07) is -0.788. The monoisotopic (exact) mass is 226 g/mol. The van der Waals surface area contributed by atoms with Crippen LogP contribution >= 0.6 is 0 Å². The number of nitrogens with zero attached hydrogens (tertiary/aromatic N) is 1. The van der Waals surface area contributed by atoms with Gasteiger partial charge in [0.1, 0.15) is 6.04 Å². The molecule has 0 aromatic heterocycles. The number of nitrogens with two attached hydrogens (primary N) is 1. The van der Waals surface area contributed by atoms with Crippen molar-refractivity contribution in [3.05, 3.63) is 0 Å². The Labute approximate surface area is 95.0 Å². The van der Waals surface area contributed by atoms with Crippen molar-refractivity contribution in [2.75, 3.05) is 6.54 Å². The van der Waals surface area contributed by atoms with E-state index in [4.69, 9.17) is 5.73 Å². The molecular weight excluding hydrogens is 208 g/mol. The maximum Gasteiger partial charge on any atom is 0.233 e. The molecule has 1 fully saturated rings. The lowest BCUT2D eigenvalue weighted by molar-refractivity contribution is -0.146. The number of amides is 2. The molecule has 2 unspecified atom stereocenters. The fourth-order valence-corrected chi connectivity index (χ4v) is 1.98. The fourth-order valence-electron chi connectivity index (χ4n) is 1.98. The smallest absolute Gasteiger partial charge is 0.233 e. The maximum atomic E-state index is 12.0. The molecule has 0 aliphatic carbocycles. The summed E-state index contributed by atoms with van der Waals surface area (Å²) in [5.74, 6) is -0.985. The molecule has 1 heterocycles. The summed E-state index contributed by atoms with van der Waals surface area (Å²) in [5, 5.41) is 0. The number of hydrogen-bond acceptors (Lipinski definition) is 4. The molecule has 0 radical (unpaired) electrons. The van der Waals surface area contributed by atoms with E-state index in [1.165, 1.54) is 6.92 Å². The Hall–Kier alpha value is -1.23. The first-order valence-electron chi connectivity index (χ1n) is 5.46. The number of Topliss-reactive ketones (excluding diaryl/α,β-unsaturated/α-hetero) is 1. The second-order valence-corrected chi connectivity index (χ2v) is 4.52. The third kappa shape index (κ3) is 2.14. The molecule has 2 amide bonds. The molecule has 1 aliphatic rings. The van der Waals surface area contributed by atoms with E-state index >= 15 is 0 Å². The van der Waals surface area contributed by atoms with Gasteiger partial charge in [-0.25, -0.2) is 0 Å². The molecule has 90 valence electrons. The molecule has 5 heteroatoms.